The van der Waals surface area contributed by atoms with Crippen molar-refractivity contribution in [3.05, 3.63) is 132 Å². The van der Waals surface area contributed by atoms with Gasteiger partial charge in [0.15, 0.2) is 0 Å². The van der Waals surface area contributed by atoms with E-state index >= 15 is 0 Å². The molecule has 4 aromatic carbocycles. The van der Waals surface area contributed by atoms with E-state index in [0.717, 1.165) is 39.4 Å². The number of ether oxygens (including phenoxy) is 1. The van der Waals surface area contributed by atoms with Crippen LogP contribution in [-0.4, -0.2) is 12.8 Å². The molecule has 4 rings (SSSR count). The van der Waals surface area contributed by atoms with E-state index in [-0.39, 0.29) is 0 Å². The van der Waals surface area contributed by atoms with E-state index < -0.39 is 0 Å². The number of hydrogen-bond acceptors (Lipinski definition) is 2. The Labute approximate surface area is 177 Å². The van der Waals surface area contributed by atoms with Crippen LogP contribution in [-0.2, 0) is 0 Å². The van der Waals surface area contributed by atoms with Crippen molar-refractivity contribution >= 4 is 23.0 Å². The Morgan fingerprint density at radius 1 is 0.633 bits per heavy atom. The number of hydrogen-bond donors (Lipinski definition) is 0. The Morgan fingerprint density at radius 2 is 1.17 bits per heavy atom. The van der Waals surface area contributed by atoms with Crippen LogP contribution in [0.25, 0.3) is 11.6 Å². The Balaban J connectivity index is 1.91. The van der Waals surface area contributed by atoms with Gasteiger partial charge in [0.1, 0.15) is 5.75 Å². The molecule has 0 saturated heterocycles. The van der Waals surface area contributed by atoms with Gasteiger partial charge in [0.2, 0.25) is 0 Å². The normalized spacial score (nSPS) is 11.9. The van der Waals surface area contributed by atoms with Gasteiger partial charge in [-0.15, -0.1) is 0 Å². The third kappa shape index (κ3) is 4.73. The minimum absolute atomic E-state index is 0.842. The van der Waals surface area contributed by atoms with E-state index in [1.807, 2.05) is 66.7 Å². The molecule has 2 heteroatoms. The molecule has 0 saturated carbocycles. The maximum absolute atomic E-state index is 5.31. The smallest absolute Gasteiger partial charge is 0.118 e. The quantitative estimate of drug-likeness (QED) is 0.256. The lowest BCUT2D eigenvalue weighted by Crippen LogP contribution is -2.04. The maximum atomic E-state index is 5.31. The van der Waals surface area contributed by atoms with E-state index in [4.69, 9.17) is 9.73 Å². The van der Waals surface area contributed by atoms with E-state index in [2.05, 4.69) is 54.6 Å². The van der Waals surface area contributed by atoms with Crippen LogP contribution in [0.3, 0.4) is 0 Å². The molecule has 0 heterocycles. The average Bonchev–Trinajstić information content (AvgIpc) is 2.83. The zero-order valence-electron chi connectivity index (χ0n) is 16.9. The summed E-state index contributed by atoms with van der Waals surface area (Å²) in [4.78, 5) is 5.06. The second-order valence-electron chi connectivity index (χ2n) is 6.86. The number of methoxy groups -OCH3 is 1. The summed E-state index contributed by atoms with van der Waals surface area (Å²) in [6.45, 7) is 0. The first kappa shape index (κ1) is 19.4. The molecule has 0 bridgehead atoms. The summed E-state index contributed by atoms with van der Waals surface area (Å²) >= 11 is 0. The molecule has 0 aliphatic heterocycles. The van der Waals surface area contributed by atoms with Crippen molar-refractivity contribution in [2.75, 3.05) is 7.11 Å². The largest absolute Gasteiger partial charge is 0.497 e. The predicted octanol–water partition coefficient (Wildman–Crippen LogP) is 7.06. The number of rotatable bonds is 6. The molecule has 0 aromatic heterocycles. The molecule has 30 heavy (non-hydrogen) atoms. The average molecular weight is 389 g/mol. The number of allylic oxidation sites excluding steroid dienone is 1. The first-order valence-electron chi connectivity index (χ1n) is 9.94. The van der Waals surface area contributed by atoms with E-state index in [0.29, 0.717) is 0 Å². The van der Waals surface area contributed by atoms with Crippen molar-refractivity contribution < 1.29 is 4.74 Å². The summed E-state index contributed by atoms with van der Waals surface area (Å²) in [7, 11) is 1.68. The molecule has 0 spiro atoms. The lowest BCUT2D eigenvalue weighted by Gasteiger charge is -2.13. The van der Waals surface area contributed by atoms with Gasteiger partial charge in [-0.3, -0.25) is 0 Å². The van der Waals surface area contributed by atoms with Gasteiger partial charge >= 0.3 is 0 Å². The lowest BCUT2D eigenvalue weighted by atomic mass is 9.93. The third-order valence-corrected chi connectivity index (χ3v) is 4.81. The molecule has 0 aliphatic rings. The van der Waals surface area contributed by atoms with Crippen molar-refractivity contribution in [3.63, 3.8) is 0 Å². The fourth-order valence-electron chi connectivity index (χ4n) is 3.28. The van der Waals surface area contributed by atoms with E-state index in [1.165, 1.54) is 0 Å². The highest BCUT2D eigenvalue weighted by molar-refractivity contribution is 6.35. The summed E-state index contributed by atoms with van der Waals surface area (Å²) in [5.74, 6) is 0.842. The SMILES string of the molecule is COc1ccc(/C=C(/C(=Nc2ccccc2)c2ccccc2)c2ccccc2)cc1. The fourth-order valence-corrected chi connectivity index (χ4v) is 3.28. The maximum Gasteiger partial charge on any atom is 0.118 e. The van der Waals surface area contributed by atoms with E-state index in [9.17, 15) is 0 Å². The lowest BCUT2D eigenvalue weighted by molar-refractivity contribution is 0.415. The first-order valence-corrected chi connectivity index (χ1v) is 9.94. The van der Waals surface area contributed by atoms with Gasteiger partial charge in [0.05, 0.1) is 18.5 Å². The fraction of sp³-hybridized carbons (Fsp3) is 0.0357. The van der Waals surface area contributed by atoms with Gasteiger partial charge in [-0.05, 0) is 41.5 Å². The molecule has 2 nitrogen and oxygen atoms in total. The summed E-state index contributed by atoms with van der Waals surface area (Å²) in [5, 5.41) is 0. The first-order chi connectivity index (χ1) is 14.8. The number of aliphatic imine (C=N–C) groups is 1. The third-order valence-electron chi connectivity index (χ3n) is 4.81. The van der Waals surface area contributed by atoms with Gasteiger partial charge in [0, 0.05) is 11.1 Å². The minimum Gasteiger partial charge on any atom is -0.497 e. The zero-order valence-corrected chi connectivity index (χ0v) is 16.9. The topological polar surface area (TPSA) is 21.6 Å². The molecule has 4 aromatic rings. The molecule has 0 radical (unpaired) electrons. The van der Waals surface area contributed by atoms with Crippen molar-refractivity contribution in [3.8, 4) is 5.75 Å². The van der Waals surface area contributed by atoms with Crippen LogP contribution in [0, 0.1) is 0 Å². The van der Waals surface area contributed by atoms with Gasteiger partial charge in [-0.1, -0.05) is 91.0 Å². The summed E-state index contributed by atoms with van der Waals surface area (Å²) < 4.78 is 5.31. The molecular formula is C28H23NO. The Bertz CT molecular complexity index is 1130. The van der Waals surface area contributed by atoms with Gasteiger partial charge in [-0.2, -0.15) is 0 Å². The van der Waals surface area contributed by atoms with Gasteiger partial charge in [-0.25, -0.2) is 4.99 Å². The van der Waals surface area contributed by atoms with Crippen molar-refractivity contribution in [1.29, 1.82) is 0 Å². The van der Waals surface area contributed by atoms with E-state index in [1.54, 1.807) is 7.11 Å². The molecule has 0 unspecified atom stereocenters. The number of para-hydroxylation sites is 1. The second-order valence-corrected chi connectivity index (χ2v) is 6.86. The van der Waals surface area contributed by atoms with Crippen LogP contribution < -0.4 is 4.74 Å². The Hall–Kier alpha value is -3.91. The Morgan fingerprint density at radius 3 is 1.73 bits per heavy atom. The van der Waals surface area contributed by atoms with Crippen LogP contribution >= 0.6 is 0 Å². The molecule has 0 aliphatic carbocycles. The molecule has 146 valence electrons. The van der Waals surface area contributed by atoms with Crippen LogP contribution in [0.15, 0.2) is 120 Å². The standard InChI is InChI=1S/C28H23NO/c1-30-26-19-17-22(18-20-26)21-27(23-11-5-2-6-12-23)28(24-13-7-3-8-14-24)29-25-15-9-4-10-16-25/h2-21H,1H3/b27-21+,29-28?. The van der Waals surface area contributed by atoms with Crippen molar-refractivity contribution in [2.45, 2.75) is 0 Å². The highest BCUT2D eigenvalue weighted by atomic mass is 16.5. The van der Waals surface area contributed by atoms with Crippen molar-refractivity contribution in [2.24, 2.45) is 4.99 Å². The number of nitrogens with zero attached hydrogens (tertiary/aromatic N) is 1. The molecule has 0 atom stereocenters. The highest BCUT2D eigenvalue weighted by Gasteiger charge is 2.13. The second kappa shape index (κ2) is 9.53. The zero-order chi connectivity index (χ0) is 20.6. The summed E-state index contributed by atoms with van der Waals surface area (Å²) in [6, 6.07) is 38.9. The Kier molecular flexibility index (Phi) is 6.16. The van der Waals surface area contributed by atoms with Crippen LogP contribution in [0.1, 0.15) is 16.7 Å². The number of benzene rings is 4. The van der Waals surface area contributed by atoms with Crippen LogP contribution in [0.2, 0.25) is 0 Å². The van der Waals surface area contributed by atoms with Gasteiger partial charge in [0.25, 0.3) is 0 Å². The molecule has 0 N–H and O–H groups in total. The summed E-state index contributed by atoms with van der Waals surface area (Å²) in [6.07, 6.45) is 2.18. The van der Waals surface area contributed by atoms with Crippen molar-refractivity contribution in [1.82, 2.24) is 0 Å². The van der Waals surface area contributed by atoms with Crippen LogP contribution in [0.4, 0.5) is 5.69 Å². The predicted molar refractivity (Wildman–Crippen MR) is 126 cm³/mol. The molecule has 0 fully saturated rings. The van der Waals surface area contributed by atoms with Crippen LogP contribution in [0.5, 0.6) is 5.75 Å². The monoisotopic (exact) mass is 389 g/mol. The van der Waals surface area contributed by atoms with Gasteiger partial charge < -0.3 is 4.74 Å². The molecular weight excluding hydrogens is 366 g/mol. The highest BCUT2D eigenvalue weighted by Crippen LogP contribution is 2.27. The minimum atomic E-state index is 0.842. The summed E-state index contributed by atoms with van der Waals surface area (Å²) in [5.41, 5.74) is 6.20. The molecule has 0 amide bonds.